The van der Waals surface area contributed by atoms with Crippen LogP contribution in [-0.4, -0.2) is 16.1 Å². The van der Waals surface area contributed by atoms with E-state index < -0.39 is 0 Å². The fourth-order valence-electron chi connectivity index (χ4n) is 0.879. The second-order valence-electron chi connectivity index (χ2n) is 2.45. The number of hydrogen-bond donors (Lipinski definition) is 1. The van der Waals surface area contributed by atoms with Crippen molar-refractivity contribution in [3.63, 3.8) is 0 Å². The van der Waals surface area contributed by atoms with Gasteiger partial charge in [-0.05, 0) is 0 Å². The summed E-state index contributed by atoms with van der Waals surface area (Å²) >= 11 is 5.35. The van der Waals surface area contributed by atoms with E-state index in [1.165, 1.54) is 5.54 Å². The lowest BCUT2D eigenvalue weighted by atomic mass is 10.5. The van der Waals surface area contributed by atoms with E-state index in [4.69, 9.17) is 11.6 Å². The molecule has 0 aliphatic carbocycles. The molecule has 66 valence electrons. The van der Waals surface area contributed by atoms with Crippen molar-refractivity contribution in [3.05, 3.63) is 29.8 Å². The van der Waals surface area contributed by atoms with Crippen LogP contribution in [0.25, 0.3) is 0 Å². The minimum absolute atomic E-state index is 0.769. The molecule has 0 aliphatic heterocycles. The first-order valence-electron chi connectivity index (χ1n) is 3.76. The summed E-state index contributed by atoms with van der Waals surface area (Å²) in [5.41, 5.74) is 1.51. The summed E-state index contributed by atoms with van der Waals surface area (Å²) in [5.74, 6) is 1.03. The molecule has 1 heterocycles. The first-order chi connectivity index (χ1) is 5.84. The van der Waals surface area contributed by atoms with Crippen molar-refractivity contribution in [1.82, 2.24) is 14.9 Å². The molecule has 0 saturated carbocycles. The number of rotatable bonds is 4. The van der Waals surface area contributed by atoms with E-state index >= 15 is 0 Å². The summed E-state index contributed by atoms with van der Waals surface area (Å²) in [4.78, 5) is 4.16. The van der Waals surface area contributed by atoms with Gasteiger partial charge in [-0.1, -0.05) is 17.7 Å². The fraction of sp³-hybridized carbons (Fsp3) is 0.375. The molecule has 4 heteroatoms. The summed E-state index contributed by atoms with van der Waals surface area (Å²) < 4.78 is 1.98. The third kappa shape index (κ3) is 2.68. The van der Waals surface area contributed by atoms with Crippen LogP contribution in [0.3, 0.4) is 0 Å². The minimum atomic E-state index is 0.769. The van der Waals surface area contributed by atoms with Crippen LogP contribution in [0.15, 0.2) is 24.0 Å². The molecular formula is C8H12ClN3. The van der Waals surface area contributed by atoms with Crippen LogP contribution in [0, 0.1) is 0 Å². The zero-order valence-corrected chi connectivity index (χ0v) is 7.75. The third-order valence-electron chi connectivity index (χ3n) is 1.56. The molecule has 0 atom stereocenters. The third-order valence-corrected chi connectivity index (χ3v) is 1.73. The highest BCUT2D eigenvalue weighted by Gasteiger charge is 1.95. The van der Waals surface area contributed by atoms with Crippen molar-refractivity contribution in [3.8, 4) is 0 Å². The molecule has 0 aliphatic rings. The van der Waals surface area contributed by atoms with Gasteiger partial charge in [-0.3, -0.25) is 0 Å². The van der Waals surface area contributed by atoms with Crippen LogP contribution in [0.4, 0.5) is 0 Å². The first-order valence-corrected chi connectivity index (χ1v) is 4.20. The highest BCUT2D eigenvalue weighted by molar-refractivity contribution is 6.25. The standard InChI is InChI=1S/C8H12ClN3/c1-12-6-5-11-8(12)7-10-4-2-3-9/h2-3,5-6,10H,4,7H2,1H3/b3-2+. The molecule has 0 saturated heterocycles. The highest BCUT2D eigenvalue weighted by Crippen LogP contribution is 1.92. The van der Waals surface area contributed by atoms with Crippen LogP contribution in [0.5, 0.6) is 0 Å². The largest absolute Gasteiger partial charge is 0.337 e. The molecule has 0 spiro atoms. The quantitative estimate of drug-likeness (QED) is 0.716. The normalized spacial score (nSPS) is 11.2. The summed E-state index contributed by atoms with van der Waals surface area (Å²) in [5, 5.41) is 3.17. The van der Waals surface area contributed by atoms with Crippen LogP contribution < -0.4 is 5.32 Å². The molecule has 12 heavy (non-hydrogen) atoms. The Balaban J connectivity index is 2.28. The van der Waals surface area contributed by atoms with Gasteiger partial charge in [0.1, 0.15) is 5.82 Å². The van der Waals surface area contributed by atoms with E-state index in [1.807, 2.05) is 23.9 Å². The van der Waals surface area contributed by atoms with Crippen LogP contribution in [0.2, 0.25) is 0 Å². The van der Waals surface area contributed by atoms with Gasteiger partial charge in [0.15, 0.2) is 0 Å². The van der Waals surface area contributed by atoms with Crippen molar-refractivity contribution < 1.29 is 0 Å². The van der Waals surface area contributed by atoms with Gasteiger partial charge in [0.2, 0.25) is 0 Å². The van der Waals surface area contributed by atoms with Crippen molar-refractivity contribution in [2.45, 2.75) is 6.54 Å². The maximum absolute atomic E-state index is 5.35. The number of nitrogens with one attached hydrogen (secondary N) is 1. The molecule has 0 amide bonds. The zero-order chi connectivity index (χ0) is 8.81. The smallest absolute Gasteiger partial charge is 0.122 e. The molecule has 0 bridgehead atoms. The molecule has 0 fully saturated rings. The van der Waals surface area contributed by atoms with Crippen molar-refractivity contribution in [2.75, 3.05) is 6.54 Å². The Morgan fingerprint density at radius 3 is 3.17 bits per heavy atom. The van der Waals surface area contributed by atoms with E-state index in [1.54, 1.807) is 6.20 Å². The topological polar surface area (TPSA) is 29.9 Å². The van der Waals surface area contributed by atoms with Gasteiger partial charge in [-0.15, -0.1) is 0 Å². The molecule has 0 unspecified atom stereocenters. The Labute approximate surface area is 77.1 Å². The number of imidazole rings is 1. The van der Waals surface area contributed by atoms with Crippen LogP contribution in [0.1, 0.15) is 5.82 Å². The molecule has 1 aromatic heterocycles. The van der Waals surface area contributed by atoms with E-state index in [0.717, 1.165) is 18.9 Å². The molecule has 0 radical (unpaired) electrons. The summed E-state index contributed by atoms with van der Waals surface area (Å²) in [6.45, 7) is 1.54. The molecule has 1 rings (SSSR count). The number of aryl methyl sites for hydroxylation is 1. The van der Waals surface area contributed by atoms with E-state index in [9.17, 15) is 0 Å². The first kappa shape index (κ1) is 9.29. The zero-order valence-electron chi connectivity index (χ0n) is 7.00. The van der Waals surface area contributed by atoms with Crippen molar-refractivity contribution >= 4 is 11.6 Å². The lowest BCUT2D eigenvalue weighted by Gasteiger charge is -2.00. The Morgan fingerprint density at radius 1 is 1.75 bits per heavy atom. The average molecular weight is 186 g/mol. The number of halogens is 1. The van der Waals surface area contributed by atoms with Gasteiger partial charge in [-0.2, -0.15) is 0 Å². The van der Waals surface area contributed by atoms with Gasteiger partial charge in [0.05, 0.1) is 6.54 Å². The number of nitrogens with zero attached hydrogens (tertiary/aromatic N) is 2. The lowest BCUT2D eigenvalue weighted by molar-refractivity contribution is 0.680. The van der Waals surface area contributed by atoms with E-state index in [2.05, 4.69) is 10.3 Å². The van der Waals surface area contributed by atoms with Gasteiger partial charge in [0.25, 0.3) is 0 Å². The average Bonchev–Trinajstić information content (AvgIpc) is 2.46. The monoisotopic (exact) mass is 185 g/mol. The van der Waals surface area contributed by atoms with Gasteiger partial charge >= 0.3 is 0 Å². The molecule has 1 N–H and O–H groups in total. The Hall–Kier alpha value is -0.800. The molecule has 3 nitrogen and oxygen atoms in total. The summed E-state index contributed by atoms with van der Waals surface area (Å²) in [7, 11) is 1.97. The Kier molecular flexibility index (Phi) is 3.84. The van der Waals surface area contributed by atoms with Gasteiger partial charge < -0.3 is 9.88 Å². The van der Waals surface area contributed by atoms with Crippen molar-refractivity contribution in [2.24, 2.45) is 7.05 Å². The second kappa shape index (κ2) is 4.95. The Morgan fingerprint density at radius 2 is 2.58 bits per heavy atom. The second-order valence-corrected chi connectivity index (χ2v) is 2.70. The van der Waals surface area contributed by atoms with E-state index in [-0.39, 0.29) is 0 Å². The predicted octanol–water partition coefficient (Wildman–Crippen LogP) is 1.26. The SMILES string of the molecule is Cn1ccnc1CNC/C=C/Cl. The lowest BCUT2D eigenvalue weighted by Crippen LogP contribution is -2.15. The van der Waals surface area contributed by atoms with Crippen LogP contribution >= 0.6 is 11.6 Å². The Bertz CT molecular complexity index is 255. The molecular weight excluding hydrogens is 174 g/mol. The van der Waals surface area contributed by atoms with Crippen molar-refractivity contribution in [1.29, 1.82) is 0 Å². The van der Waals surface area contributed by atoms with Gasteiger partial charge in [-0.25, -0.2) is 4.98 Å². The fourth-order valence-corrected chi connectivity index (χ4v) is 0.968. The maximum atomic E-state index is 5.35. The number of aromatic nitrogens is 2. The van der Waals surface area contributed by atoms with Crippen LogP contribution in [-0.2, 0) is 13.6 Å². The predicted molar refractivity (Wildman–Crippen MR) is 49.9 cm³/mol. The molecule has 0 aromatic carbocycles. The highest BCUT2D eigenvalue weighted by atomic mass is 35.5. The van der Waals surface area contributed by atoms with E-state index in [0.29, 0.717) is 0 Å². The van der Waals surface area contributed by atoms with Gasteiger partial charge in [0, 0.05) is 31.5 Å². The maximum Gasteiger partial charge on any atom is 0.122 e. The summed E-state index contributed by atoms with van der Waals surface area (Å²) in [6.07, 6.45) is 5.56. The minimum Gasteiger partial charge on any atom is -0.337 e. The number of hydrogen-bond acceptors (Lipinski definition) is 2. The summed E-state index contributed by atoms with van der Waals surface area (Å²) in [6, 6.07) is 0. The molecule has 1 aromatic rings.